The molecule has 0 bridgehead atoms. The molecule has 0 atom stereocenters. The van der Waals surface area contributed by atoms with E-state index in [-0.39, 0.29) is 5.69 Å². The lowest BCUT2D eigenvalue weighted by Crippen LogP contribution is -2.57. The van der Waals surface area contributed by atoms with Crippen LogP contribution in [0.3, 0.4) is 0 Å². The van der Waals surface area contributed by atoms with Gasteiger partial charge < -0.3 is 14.2 Å². The van der Waals surface area contributed by atoms with Crippen molar-refractivity contribution in [2.24, 2.45) is 0 Å². The van der Waals surface area contributed by atoms with Gasteiger partial charge in [0, 0.05) is 42.4 Å². The summed E-state index contributed by atoms with van der Waals surface area (Å²) < 4.78 is 104. The molecule has 0 radical (unpaired) electrons. The number of benzene rings is 2. The molecule has 0 spiro atoms. The maximum absolute atomic E-state index is 14.3. The number of aryl methyl sites for hydroxylation is 1. The Morgan fingerprint density at radius 1 is 0.857 bits per heavy atom. The van der Waals surface area contributed by atoms with Gasteiger partial charge in [-0.1, -0.05) is 0 Å². The molecule has 188 valence electrons. The van der Waals surface area contributed by atoms with E-state index in [0.717, 1.165) is 36.9 Å². The van der Waals surface area contributed by atoms with Crippen molar-refractivity contribution in [2.75, 3.05) is 19.0 Å². The third kappa shape index (κ3) is 4.59. The van der Waals surface area contributed by atoms with Crippen LogP contribution in [-0.2, 0) is 10.3 Å². The Kier molecular flexibility index (Phi) is 6.67. The second-order valence-corrected chi connectivity index (χ2v) is 8.10. The second kappa shape index (κ2) is 8.94. The molecule has 0 saturated heterocycles. The fourth-order valence-corrected chi connectivity index (χ4v) is 3.84. The lowest BCUT2D eigenvalue weighted by molar-refractivity contribution is -0.373. The molecule has 11 heteroatoms. The number of hydrogen-bond donors (Lipinski definition) is 0. The van der Waals surface area contributed by atoms with Gasteiger partial charge in [-0.25, -0.2) is 9.18 Å². The largest absolute Gasteiger partial charge is 0.442 e. The van der Waals surface area contributed by atoms with Crippen molar-refractivity contribution in [3.05, 3.63) is 82.9 Å². The number of anilines is 1. The van der Waals surface area contributed by atoms with Crippen LogP contribution in [0.2, 0.25) is 0 Å². The Hall–Kier alpha value is -3.50. The van der Waals surface area contributed by atoms with Crippen LogP contribution >= 0.6 is 0 Å². The number of hydrogen-bond acceptors (Lipinski definition) is 3. The summed E-state index contributed by atoms with van der Waals surface area (Å²) >= 11 is 0. The standard InChI is InChI=1S/C24H21F7N2O2/c1-14-13-20(15(2)33(14)19-11-9-18(10-12-19)32(3)4)22(23(26,27)28,24(29,30)31)35-21(34)16-5-7-17(25)8-6-16/h5-13H,1-4H3. The summed E-state index contributed by atoms with van der Waals surface area (Å²) in [4.78, 5) is 14.2. The third-order valence-corrected chi connectivity index (χ3v) is 5.56. The average molecular weight is 502 g/mol. The Morgan fingerprint density at radius 3 is 1.83 bits per heavy atom. The maximum atomic E-state index is 14.3. The normalized spacial score (nSPS) is 12.5. The highest BCUT2D eigenvalue weighted by Gasteiger charge is 2.76. The first-order chi connectivity index (χ1) is 16.1. The lowest BCUT2D eigenvalue weighted by Gasteiger charge is -2.36. The average Bonchev–Trinajstić information content (AvgIpc) is 3.04. The molecule has 3 rings (SSSR count). The van der Waals surface area contributed by atoms with Crippen LogP contribution in [0.25, 0.3) is 5.69 Å². The molecule has 1 heterocycles. The number of carbonyl (C=O) groups is 1. The number of carbonyl (C=O) groups excluding carboxylic acids is 1. The Bertz CT molecular complexity index is 1190. The number of aromatic nitrogens is 1. The molecule has 4 nitrogen and oxygen atoms in total. The summed E-state index contributed by atoms with van der Waals surface area (Å²) in [6.45, 7) is 2.43. The first-order valence-electron chi connectivity index (χ1n) is 10.2. The highest BCUT2D eigenvalue weighted by molar-refractivity contribution is 5.89. The Morgan fingerprint density at radius 2 is 1.37 bits per heavy atom. The Labute approximate surface area is 196 Å². The van der Waals surface area contributed by atoms with Gasteiger partial charge in [0.2, 0.25) is 0 Å². The fourth-order valence-electron chi connectivity index (χ4n) is 3.84. The number of nitrogens with zero attached hydrogens (tertiary/aromatic N) is 2. The molecule has 0 unspecified atom stereocenters. The zero-order valence-electron chi connectivity index (χ0n) is 19.1. The lowest BCUT2D eigenvalue weighted by atomic mass is 9.91. The van der Waals surface area contributed by atoms with Gasteiger partial charge in [0.25, 0.3) is 0 Å². The van der Waals surface area contributed by atoms with E-state index < -0.39 is 46.6 Å². The summed E-state index contributed by atoms with van der Waals surface area (Å²) in [6.07, 6.45) is -12.1. The molecular weight excluding hydrogens is 481 g/mol. The first-order valence-corrected chi connectivity index (χ1v) is 10.2. The molecule has 1 aromatic heterocycles. The van der Waals surface area contributed by atoms with Crippen LogP contribution in [0.15, 0.2) is 54.6 Å². The van der Waals surface area contributed by atoms with Crippen LogP contribution in [0.5, 0.6) is 0 Å². The summed E-state index contributed by atoms with van der Waals surface area (Å²) in [7, 11) is 3.55. The quantitative estimate of drug-likeness (QED) is 0.296. The minimum atomic E-state index is -6.07. The summed E-state index contributed by atoms with van der Waals surface area (Å²) in [5, 5.41) is 0. The molecule has 0 amide bonds. The molecule has 2 aromatic carbocycles. The van der Waals surface area contributed by atoms with Crippen molar-refractivity contribution in [3.63, 3.8) is 0 Å². The van der Waals surface area contributed by atoms with Crippen molar-refractivity contribution in [1.82, 2.24) is 4.57 Å². The van der Waals surface area contributed by atoms with Crippen molar-refractivity contribution >= 4 is 11.7 Å². The van der Waals surface area contributed by atoms with Crippen LogP contribution in [0.1, 0.15) is 27.3 Å². The highest BCUT2D eigenvalue weighted by Crippen LogP contribution is 2.54. The second-order valence-electron chi connectivity index (χ2n) is 8.10. The van der Waals surface area contributed by atoms with E-state index in [4.69, 9.17) is 0 Å². The number of rotatable bonds is 5. The van der Waals surface area contributed by atoms with Gasteiger partial charge in [-0.05, 0) is 68.4 Å². The van der Waals surface area contributed by atoms with E-state index in [1.54, 1.807) is 43.3 Å². The third-order valence-electron chi connectivity index (χ3n) is 5.56. The van der Waals surface area contributed by atoms with E-state index >= 15 is 0 Å². The van der Waals surface area contributed by atoms with Crippen molar-refractivity contribution in [1.29, 1.82) is 0 Å². The number of halogens is 7. The zero-order valence-corrected chi connectivity index (χ0v) is 19.1. The highest BCUT2D eigenvalue weighted by atomic mass is 19.4. The molecule has 3 aromatic rings. The minimum Gasteiger partial charge on any atom is -0.431 e. The molecule has 0 fully saturated rings. The van der Waals surface area contributed by atoms with Gasteiger partial charge >= 0.3 is 23.9 Å². The van der Waals surface area contributed by atoms with Crippen molar-refractivity contribution < 1.29 is 40.3 Å². The molecule has 0 saturated carbocycles. The van der Waals surface area contributed by atoms with E-state index in [9.17, 15) is 35.5 Å². The minimum absolute atomic E-state index is 0.0609. The van der Waals surface area contributed by atoms with E-state index in [0.29, 0.717) is 11.8 Å². The zero-order chi connectivity index (χ0) is 26.3. The smallest absolute Gasteiger partial charge is 0.431 e. The topological polar surface area (TPSA) is 34.5 Å². The summed E-state index contributed by atoms with van der Waals surface area (Å²) in [5.41, 5.74) is -6.17. The van der Waals surface area contributed by atoms with Gasteiger partial charge in [0.1, 0.15) is 5.82 Å². The molecule has 0 aliphatic heterocycles. The van der Waals surface area contributed by atoms with Gasteiger partial charge in [-0.2, -0.15) is 26.3 Å². The van der Waals surface area contributed by atoms with Crippen LogP contribution in [0, 0.1) is 19.7 Å². The predicted molar refractivity (Wildman–Crippen MR) is 115 cm³/mol. The molecular formula is C24H21F7N2O2. The van der Waals surface area contributed by atoms with E-state index in [1.165, 1.54) is 11.5 Å². The predicted octanol–water partition coefficient (Wildman–Crippen LogP) is 6.48. The number of alkyl halides is 6. The van der Waals surface area contributed by atoms with Gasteiger partial charge in [-0.15, -0.1) is 0 Å². The Balaban J connectivity index is 2.22. The van der Waals surface area contributed by atoms with Crippen LogP contribution in [-0.4, -0.2) is 37.0 Å². The van der Waals surface area contributed by atoms with Gasteiger partial charge in [0.05, 0.1) is 5.56 Å². The summed E-state index contributed by atoms with van der Waals surface area (Å²) in [5.74, 6) is -2.73. The van der Waals surface area contributed by atoms with Crippen LogP contribution < -0.4 is 4.90 Å². The van der Waals surface area contributed by atoms with Crippen molar-refractivity contribution in [3.8, 4) is 5.69 Å². The van der Waals surface area contributed by atoms with Crippen molar-refractivity contribution in [2.45, 2.75) is 31.8 Å². The molecule has 0 N–H and O–H groups in total. The van der Waals surface area contributed by atoms with Crippen LogP contribution in [0.4, 0.5) is 36.4 Å². The first kappa shape index (κ1) is 26.1. The maximum Gasteiger partial charge on any atom is 0.442 e. The molecule has 35 heavy (non-hydrogen) atoms. The summed E-state index contributed by atoms with van der Waals surface area (Å²) in [6, 6.07) is 10.0. The SMILES string of the molecule is Cc1cc(C(OC(=O)c2ccc(F)cc2)(C(F)(F)F)C(F)(F)F)c(C)n1-c1ccc(N(C)C)cc1. The van der Waals surface area contributed by atoms with E-state index in [1.807, 2.05) is 0 Å². The number of ether oxygens (including phenoxy) is 1. The molecule has 0 aliphatic carbocycles. The number of esters is 1. The van der Waals surface area contributed by atoms with Gasteiger partial charge in [-0.3, -0.25) is 0 Å². The fraction of sp³-hybridized carbons (Fsp3) is 0.292. The van der Waals surface area contributed by atoms with E-state index in [2.05, 4.69) is 4.74 Å². The monoisotopic (exact) mass is 502 g/mol. The molecule has 0 aliphatic rings. The van der Waals surface area contributed by atoms with Gasteiger partial charge in [0.15, 0.2) is 0 Å².